The molecule has 0 bridgehead atoms. The first-order chi connectivity index (χ1) is 5.72. The molecule has 12 heavy (non-hydrogen) atoms. The zero-order chi connectivity index (χ0) is 8.97. The number of carbonyl (C=O) groups is 1. The van der Waals surface area contributed by atoms with E-state index in [-0.39, 0.29) is 5.91 Å². The van der Waals surface area contributed by atoms with E-state index in [1.807, 2.05) is 0 Å². The van der Waals surface area contributed by atoms with Crippen molar-refractivity contribution in [3.63, 3.8) is 0 Å². The summed E-state index contributed by atoms with van der Waals surface area (Å²) in [5.41, 5.74) is 2.15. The van der Waals surface area contributed by atoms with Crippen molar-refractivity contribution in [1.29, 1.82) is 0 Å². The first-order valence-corrected chi connectivity index (χ1v) is 4.44. The second-order valence-electron chi connectivity index (χ2n) is 3.55. The Morgan fingerprint density at radius 1 is 1.75 bits per heavy atom. The maximum atomic E-state index is 10.9. The Hall–Kier alpha value is -0.610. The van der Waals surface area contributed by atoms with Crippen molar-refractivity contribution < 1.29 is 4.79 Å². The lowest BCUT2D eigenvalue weighted by Crippen LogP contribution is -2.43. The molecule has 1 fully saturated rings. The van der Waals surface area contributed by atoms with Gasteiger partial charge in [-0.3, -0.25) is 15.1 Å². The second-order valence-corrected chi connectivity index (χ2v) is 3.55. The van der Waals surface area contributed by atoms with E-state index in [0.717, 1.165) is 13.1 Å². The molecule has 1 heterocycles. The van der Waals surface area contributed by atoms with E-state index >= 15 is 0 Å². The smallest absolute Gasteiger partial charge is 0.248 e. The SMILES string of the molecule is CC1CCCN(CC(=O)NN)C1. The number of piperidine rings is 1. The van der Waals surface area contributed by atoms with Crippen LogP contribution in [0.5, 0.6) is 0 Å². The molecule has 0 spiro atoms. The van der Waals surface area contributed by atoms with E-state index in [9.17, 15) is 4.79 Å². The number of amides is 1. The van der Waals surface area contributed by atoms with Crippen molar-refractivity contribution in [3.8, 4) is 0 Å². The third-order valence-electron chi connectivity index (χ3n) is 2.27. The fourth-order valence-corrected chi connectivity index (χ4v) is 1.68. The van der Waals surface area contributed by atoms with Gasteiger partial charge in [-0.1, -0.05) is 6.92 Å². The summed E-state index contributed by atoms with van der Waals surface area (Å²) in [6, 6.07) is 0. The van der Waals surface area contributed by atoms with Gasteiger partial charge in [0.15, 0.2) is 0 Å². The molecule has 0 radical (unpaired) electrons. The highest BCUT2D eigenvalue weighted by atomic mass is 16.2. The van der Waals surface area contributed by atoms with Gasteiger partial charge in [-0.2, -0.15) is 0 Å². The highest BCUT2D eigenvalue weighted by Crippen LogP contribution is 2.14. The summed E-state index contributed by atoms with van der Waals surface area (Å²) in [6.07, 6.45) is 2.47. The average Bonchev–Trinajstić information content (AvgIpc) is 2.04. The summed E-state index contributed by atoms with van der Waals surface area (Å²) < 4.78 is 0. The number of carbonyl (C=O) groups excluding carboxylic acids is 1. The van der Waals surface area contributed by atoms with Crippen LogP contribution in [-0.2, 0) is 4.79 Å². The second kappa shape index (κ2) is 4.42. The van der Waals surface area contributed by atoms with Gasteiger partial charge in [-0.05, 0) is 25.3 Å². The van der Waals surface area contributed by atoms with E-state index in [4.69, 9.17) is 5.84 Å². The monoisotopic (exact) mass is 171 g/mol. The van der Waals surface area contributed by atoms with Crippen LogP contribution in [0.2, 0.25) is 0 Å². The Bertz CT molecular complexity index is 160. The van der Waals surface area contributed by atoms with Gasteiger partial charge < -0.3 is 0 Å². The molecule has 0 aromatic heterocycles. The molecule has 0 aliphatic carbocycles. The minimum Gasteiger partial charge on any atom is -0.294 e. The molecule has 1 atom stereocenters. The molecule has 0 aromatic rings. The predicted molar refractivity (Wildman–Crippen MR) is 47.2 cm³/mol. The van der Waals surface area contributed by atoms with Gasteiger partial charge in [0.2, 0.25) is 5.91 Å². The third-order valence-corrected chi connectivity index (χ3v) is 2.27. The van der Waals surface area contributed by atoms with Crippen LogP contribution in [0.4, 0.5) is 0 Å². The van der Waals surface area contributed by atoms with Gasteiger partial charge in [-0.25, -0.2) is 5.84 Å². The van der Waals surface area contributed by atoms with Gasteiger partial charge in [-0.15, -0.1) is 0 Å². The van der Waals surface area contributed by atoms with Crippen molar-refractivity contribution in [1.82, 2.24) is 10.3 Å². The maximum Gasteiger partial charge on any atom is 0.248 e. The van der Waals surface area contributed by atoms with Gasteiger partial charge in [0, 0.05) is 6.54 Å². The lowest BCUT2D eigenvalue weighted by atomic mass is 10.0. The zero-order valence-corrected chi connectivity index (χ0v) is 7.55. The molecule has 1 amide bonds. The Morgan fingerprint density at radius 2 is 2.50 bits per heavy atom. The highest BCUT2D eigenvalue weighted by molar-refractivity contribution is 5.77. The Kier molecular flexibility index (Phi) is 3.49. The molecule has 1 rings (SSSR count). The molecule has 0 aromatic carbocycles. The summed E-state index contributed by atoms with van der Waals surface area (Å²) in [5, 5.41) is 0. The average molecular weight is 171 g/mol. The van der Waals surface area contributed by atoms with E-state index in [1.54, 1.807) is 0 Å². The first kappa shape index (κ1) is 9.48. The van der Waals surface area contributed by atoms with Crippen LogP contribution in [0.1, 0.15) is 19.8 Å². The van der Waals surface area contributed by atoms with Gasteiger partial charge >= 0.3 is 0 Å². The molecule has 1 saturated heterocycles. The van der Waals surface area contributed by atoms with Gasteiger partial charge in [0.25, 0.3) is 0 Å². The molecule has 0 saturated carbocycles. The number of nitrogens with two attached hydrogens (primary N) is 1. The topological polar surface area (TPSA) is 58.4 Å². The minimum absolute atomic E-state index is 0.0934. The van der Waals surface area contributed by atoms with Crippen LogP contribution in [0.3, 0.4) is 0 Å². The fraction of sp³-hybridized carbons (Fsp3) is 0.875. The van der Waals surface area contributed by atoms with Crippen molar-refractivity contribution in [3.05, 3.63) is 0 Å². The lowest BCUT2D eigenvalue weighted by molar-refractivity contribution is -0.122. The Labute approximate surface area is 73.1 Å². The fourth-order valence-electron chi connectivity index (χ4n) is 1.68. The normalized spacial score (nSPS) is 25.3. The Morgan fingerprint density at radius 3 is 3.08 bits per heavy atom. The predicted octanol–water partition coefficient (Wildman–Crippen LogP) is -0.292. The first-order valence-electron chi connectivity index (χ1n) is 4.44. The van der Waals surface area contributed by atoms with Crippen LogP contribution < -0.4 is 11.3 Å². The lowest BCUT2D eigenvalue weighted by Gasteiger charge is -2.29. The standard InChI is InChI=1S/C8H17N3O/c1-7-3-2-4-11(5-7)6-8(12)10-9/h7H,2-6,9H2,1H3,(H,10,12). The summed E-state index contributed by atoms with van der Waals surface area (Å²) in [4.78, 5) is 13.1. The molecule has 1 aliphatic heterocycles. The van der Waals surface area contributed by atoms with Crippen molar-refractivity contribution >= 4 is 5.91 Å². The van der Waals surface area contributed by atoms with Crippen LogP contribution in [0, 0.1) is 5.92 Å². The third kappa shape index (κ3) is 2.79. The summed E-state index contributed by atoms with van der Waals surface area (Å²) in [7, 11) is 0. The largest absolute Gasteiger partial charge is 0.294 e. The molecule has 1 unspecified atom stereocenters. The minimum atomic E-state index is -0.0934. The summed E-state index contributed by atoms with van der Waals surface area (Å²) >= 11 is 0. The van der Waals surface area contributed by atoms with Crippen molar-refractivity contribution in [2.75, 3.05) is 19.6 Å². The van der Waals surface area contributed by atoms with E-state index in [0.29, 0.717) is 12.5 Å². The van der Waals surface area contributed by atoms with Gasteiger partial charge in [0.05, 0.1) is 6.54 Å². The number of hydrogen-bond donors (Lipinski definition) is 2. The molecule has 4 heteroatoms. The number of rotatable bonds is 2. The van der Waals surface area contributed by atoms with Gasteiger partial charge in [0.1, 0.15) is 0 Å². The molecule has 70 valence electrons. The van der Waals surface area contributed by atoms with Crippen molar-refractivity contribution in [2.24, 2.45) is 11.8 Å². The van der Waals surface area contributed by atoms with Crippen LogP contribution in [0.15, 0.2) is 0 Å². The zero-order valence-electron chi connectivity index (χ0n) is 7.55. The summed E-state index contributed by atoms with van der Waals surface area (Å²) in [5.74, 6) is 5.62. The van der Waals surface area contributed by atoms with Crippen LogP contribution in [0.25, 0.3) is 0 Å². The summed E-state index contributed by atoms with van der Waals surface area (Å²) in [6.45, 7) is 4.71. The van der Waals surface area contributed by atoms with Crippen molar-refractivity contribution in [2.45, 2.75) is 19.8 Å². The number of likely N-dealkylation sites (tertiary alicyclic amines) is 1. The number of nitrogens with one attached hydrogen (secondary N) is 1. The van der Waals surface area contributed by atoms with E-state index in [2.05, 4.69) is 17.2 Å². The number of hydrazine groups is 1. The highest BCUT2D eigenvalue weighted by Gasteiger charge is 2.17. The molecule has 1 aliphatic rings. The van der Waals surface area contributed by atoms with E-state index in [1.165, 1.54) is 12.8 Å². The van der Waals surface area contributed by atoms with E-state index < -0.39 is 0 Å². The molecule has 3 N–H and O–H groups in total. The molecule has 4 nitrogen and oxygen atoms in total. The molecular formula is C8H17N3O. The maximum absolute atomic E-state index is 10.9. The number of nitrogens with zero attached hydrogens (tertiary/aromatic N) is 1. The van der Waals surface area contributed by atoms with Crippen LogP contribution in [-0.4, -0.2) is 30.4 Å². The number of hydrogen-bond acceptors (Lipinski definition) is 3. The quantitative estimate of drug-likeness (QED) is 0.341. The molecular weight excluding hydrogens is 154 g/mol. The van der Waals surface area contributed by atoms with Crippen LogP contribution >= 0.6 is 0 Å². The Balaban J connectivity index is 2.27.